The number of allylic oxidation sites excluding steroid dienone is 1. The number of anilines is 1. The number of aryl methyl sites for hydroxylation is 1. The molecule has 1 aromatic carbocycles. The summed E-state index contributed by atoms with van der Waals surface area (Å²) in [5, 5.41) is 9.02. The summed E-state index contributed by atoms with van der Waals surface area (Å²) in [6, 6.07) is 7.35. The molecule has 0 spiro atoms. The van der Waals surface area contributed by atoms with Crippen LogP contribution in [0.3, 0.4) is 0 Å². The van der Waals surface area contributed by atoms with Gasteiger partial charge < -0.3 is 5.11 Å². The SMILES string of the molecule is Cc1ccc(N2C=C(C(=O)O)CC=CC2=O)cc1. The molecule has 0 saturated heterocycles. The number of amides is 1. The van der Waals surface area contributed by atoms with E-state index in [4.69, 9.17) is 5.11 Å². The molecule has 0 saturated carbocycles. The van der Waals surface area contributed by atoms with Crippen molar-refractivity contribution in [3.8, 4) is 0 Å². The molecule has 0 unspecified atom stereocenters. The number of hydrogen-bond acceptors (Lipinski definition) is 2. The molecule has 1 aliphatic heterocycles. The summed E-state index contributed by atoms with van der Waals surface area (Å²) < 4.78 is 0. The van der Waals surface area contributed by atoms with Crippen LogP contribution in [0, 0.1) is 6.92 Å². The van der Waals surface area contributed by atoms with Crippen molar-refractivity contribution in [1.82, 2.24) is 0 Å². The highest BCUT2D eigenvalue weighted by molar-refractivity contribution is 6.05. The number of hydrogen-bond donors (Lipinski definition) is 1. The number of rotatable bonds is 2. The van der Waals surface area contributed by atoms with Crippen LogP contribution in [-0.4, -0.2) is 17.0 Å². The first kappa shape index (κ1) is 12.1. The lowest BCUT2D eigenvalue weighted by Gasteiger charge is -2.16. The standard InChI is InChI=1S/C14H13NO3/c1-10-5-7-12(8-6-10)15-9-11(14(17)18)3-2-4-13(15)16/h2,4-9H,3H2,1H3,(H,17,18). The van der Waals surface area contributed by atoms with Gasteiger partial charge >= 0.3 is 5.97 Å². The highest BCUT2D eigenvalue weighted by atomic mass is 16.4. The molecule has 1 heterocycles. The average Bonchev–Trinajstić information content (AvgIpc) is 2.52. The molecular formula is C14H13NO3. The largest absolute Gasteiger partial charge is 0.478 e. The molecule has 92 valence electrons. The maximum absolute atomic E-state index is 11.9. The molecule has 4 nitrogen and oxygen atoms in total. The highest BCUT2D eigenvalue weighted by Crippen LogP contribution is 2.20. The predicted octanol–water partition coefficient (Wildman–Crippen LogP) is 2.26. The Labute approximate surface area is 105 Å². The summed E-state index contributed by atoms with van der Waals surface area (Å²) in [5.41, 5.74) is 1.94. The van der Waals surface area contributed by atoms with E-state index in [1.165, 1.54) is 17.2 Å². The van der Waals surface area contributed by atoms with E-state index < -0.39 is 5.97 Å². The Hall–Kier alpha value is -2.36. The first-order valence-corrected chi connectivity index (χ1v) is 5.58. The molecule has 4 heteroatoms. The zero-order valence-corrected chi connectivity index (χ0v) is 9.96. The van der Waals surface area contributed by atoms with E-state index >= 15 is 0 Å². The Balaban J connectivity index is 2.42. The van der Waals surface area contributed by atoms with E-state index in [9.17, 15) is 9.59 Å². The summed E-state index contributed by atoms with van der Waals surface area (Å²) >= 11 is 0. The highest BCUT2D eigenvalue weighted by Gasteiger charge is 2.17. The molecule has 0 bridgehead atoms. The predicted molar refractivity (Wildman–Crippen MR) is 68.1 cm³/mol. The third-order valence-electron chi connectivity index (χ3n) is 2.71. The molecule has 18 heavy (non-hydrogen) atoms. The van der Waals surface area contributed by atoms with Crippen molar-refractivity contribution >= 4 is 17.6 Å². The van der Waals surface area contributed by atoms with Crippen LogP contribution in [0.5, 0.6) is 0 Å². The fourth-order valence-electron chi connectivity index (χ4n) is 1.69. The Morgan fingerprint density at radius 3 is 2.56 bits per heavy atom. The quantitative estimate of drug-likeness (QED) is 0.866. The molecular weight excluding hydrogens is 230 g/mol. The van der Waals surface area contributed by atoms with Gasteiger partial charge in [0, 0.05) is 18.0 Å². The number of carbonyl (C=O) groups is 2. The van der Waals surface area contributed by atoms with E-state index in [0.29, 0.717) is 5.69 Å². The van der Waals surface area contributed by atoms with Gasteiger partial charge in [-0.15, -0.1) is 0 Å². The van der Waals surface area contributed by atoms with Crippen molar-refractivity contribution in [3.05, 3.63) is 53.8 Å². The van der Waals surface area contributed by atoms with Crippen LogP contribution in [0.25, 0.3) is 0 Å². The van der Waals surface area contributed by atoms with Gasteiger partial charge in [-0.25, -0.2) is 4.79 Å². The maximum Gasteiger partial charge on any atom is 0.333 e. The topological polar surface area (TPSA) is 57.6 Å². The second-order valence-corrected chi connectivity index (χ2v) is 4.11. The molecule has 0 aromatic heterocycles. The van der Waals surface area contributed by atoms with E-state index in [2.05, 4.69) is 0 Å². The average molecular weight is 243 g/mol. The van der Waals surface area contributed by atoms with Gasteiger partial charge in [0.15, 0.2) is 0 Å². The van der Waals surface area contributed by atoms with Crippen molar-refractivity contribution in [2.24, 2.45) is 0 Å². The number of carboxylic acid groups (broad SMARTS) is 1. The zero-order valence-electron chi connectivity index (χ0n) is 9.96. The van der Waals surface area contributed by atoms with Crippen molar-refractivity contribution in [2.45, 2.75) is 13.3 Å². The molecule has 0 aliphatic carbocycles. The van der Waals surface area contributed by atoms with Gasteiger partial charge in [-0.05, 0) is 25.5 Å². The number of benzene rings is 1. The normalized spacial score (nSPS) is 15.3. The summed E-state index contributed by atoms with van der Waals surface area (Å²) in [4.78, 5) is 24.2. The van der Waals surface area contributed by atoms with Crippen molar-refractivity contribution in [1.29, 1.82) is 0 Å². The minimum absolute atomic E-state index is 0.192. The first-order chi connectivity index (χ1) is 8.58. The fraction of sp³-hybridized carbons (Fsp3) is 0.143. The van der Waals surface area contributed by atoms with Crippen LogP contribution in [0.1, 0.15) is 12.0 Å². The smallest absolute Gasteiger partial charge is 0.333 e. The van der Waals surface area contributed by atoms with E-state index in [1.54, 1.807) is 18.2 Å². The van der Waals surface area contributed by atoms with Crippen molar-refractivity contribution in [2.75, 3.05) is 4.90 Å². The van der Waals surface area contributed by atoms with E-state index in [-0.39, 0.29) is 17.9 Å². The molecule has 1 aliphatic rings. The zero-order chi connectivity index (χ0) is 13.1. The Bertz CT molecular complexity index is 541. The van der Waals surface area contributed by atoms with Gasteiger partial charge in [-0.3, -0.25) is 9.69 Å². The fourth-order valence-corrected chi connectivity index (χ4v) is 1.69. The van der Waals surface area contributed by atoms with Crippen LogP contribution < -0.4 is 4.90 Å². The second kappa shape index (κ2) is 4.87. The number of aliphatic carboxylic acids is 1. The lowest BCUT2D eigenvalue weighted by molar-refractivity contribution is -0.132. The maximum atomic E-state index is 11.9. The Morgan fingerprint density at radius 2 is 1.94 bits per heavy atom. The van der Waals surface area contributed by atoms with Crippen molar-refractivity contribution in [3.63, 3.8) is 0 Å². The molecule has 0 fully saturated rings. The minimum Gasteiger partial charge on any atom is -0.478 e. The van der Waals surface area contributed by atoms with Gasteiger partial charge in [0.25, 0.3) is 5.91 Å². The number of nitrogens with zero attached hydrogens (tertiary/aromatic N) is 1. The number of carbonyl (C=O) groups excluding carboxylic acids is 1. The Kier molecular flexibility index (Phi) is 3.28. The van der Waals surface area contributed by atoms with Crippen molar-refractivity contribution < 1.29 is 14.7 Å². The third kappa shape index (κ3) is 2.48. The minimum atomic E-state index is -1.01. The van der Waals surface area contributed by atoms with Gasteiger partial charge in [0.05, 0.1) is 5.57 Å². The Morgan fingerprint density at radius 1 is 1.28 bits per heavy atom. The van der Waals surface area contributed by atoms with Gasteiger partial charge in [-0.2, -0.15) is 0 Å². The molecule has 2 rings (SSSR count). The van der Waals surface area contributed by atoms with Gasteiger partial charge in [0.1, 0.15) is 0 Å². The van der Waals surface area contributed by atoms with Crippen LogP contribution in [-0.2, 0) is 9.59 Å². The third-order valence-corrected chi connectivity index (χ3v) is 2.71. The lowest BCUT2D eigenvalue weighted by atomic mass is 10.2. The lowest BCUT2D eigenvalue weighted by Crippen LogP contribution is -2.23. The monoisotopic (exact) mass is 243 g/mol. The molecule has 1 N–H and O–H groups in total. The summed E-state index contributed by atoms with van der Waals surface area (Å²) in [5.74, 6) is -1.25. The second-order valence-electron chi connectivity index (χ2n) is 4.11. The van der Waals surface area contributed by atoms with Gasteiger partial charge in [-0.1, -0.05) is 23.8 Å². The molecule has 0 atom stereocenters. The van der Waals surface area contributed by atoms with Gasteiger partial charge in [0.2, 0.25) is 0 Å². The molecule has 1 aromatic rings. The van der Waals surface area contributed by atoms with E-state index in [1.807, 2.05) is 19.1 Å². The van der Waals surface area contributed by atoms with Crippen LogP contribution >= 0.6 is 0 Å². The van der Waals surface area contributed by atoms with Crippen LogP contribution in [0.15, 0.2) is 48.2 Å². The van der Waals surface area contributed by atoms with E-state index in [0.717, 1.165) is 5.56 Å². The number of carboxylic acids is 1. The summed E-state index contributed by atoms with van der Waals surface area (Å²) in [7, 11) is 0. The summed E-state index contributed by atoms with van der Waals surface area (Å²) in [6.45, 7) is 1.95. The van der Waals surface area contributed by atoms with Crippen LogP contribution in [0.2, 0.25) is 0 Å². The molecule has 1 amide bonds. The van der Waals surface area contributed by atoms with Crippen LogP contribution in [0.4, 0.5) is 5.69 Å². The first-order valence-electron chi connectivity index (χ1n) is 5.58. The molecule has 0 radical (unpaired) electrons. The summed E-state index contributed by atoms with van der Waals surface area (Å²) in [6.07, 6.45) is 4.60.